The number of oxazole rings is 1. The Balaban J connectivity index is 1.33. The molecule has 0 atom stereocenters. The summed E-state index contributed by atoms with van der Waals surface area (Å²) in [4.78, 5) is 41.9. The van der Waals surface area contributed by atoms with Gasteiger partial charge in [0.1, 0.15) is 12.1 Å². The Kier molecular flexibility index (Phi) is 3.96. The third-order valence-corrected chi connectivity index (χ3v) is 4.18. The molecule has 1 aliphatic rings. The van der Waals surface area contributed by atoms with Gasteiger partial charge in [0.15, 0.2) is 11.5 Å². The van der Waals surface area contributed by atoms with E-state index in [0.29, 0.717) is 35.6 Å². The first-order chi connectivity index (χ1) is 12.6. The van der Waals surface area contributed by atoms with Gasteiger partial charge in [0, 0.05) is 13.0 Å². The number of para-hydroxylation sites is 2. The third-order valence-electron chi connectivity index (χ3n) is 4.18. The number of aromatic nitrogens is 1. The molecule has 26 heavy (non-hydrogen) atoms. The second-order valence-corrected chi connectivity index (χ2v) is 5.92. The highest BCUT2D eigenvalue weighted by molar-refractivity contribution is 6.22. The lowest BCUT2D eigenvalue weighted by Gasteiger charge is -2.13. The summed E-state index contributed by atoms with van der Waals surface area (Å²) in [6.07, 6.45) is 0.419. The molecule has 3 amide bonds. The zero-order valence-corrected chi connectivity index (χ0v) is 13.8. The van der Waals surface area contributed by atoms with Crippen LogP contribution in [0.3, 0.4) is 0 Å². The van der Waals surface area contributed by atoms with Gasteiger partial charge in [-0.1, -0.05) is 24.3 Å². The van der Waals surface area contributed by atoms with Crippen LogP contribution in [0.2, 0.25) is 0 Å². The van der Waals surface area contributed by atoms with Gasteiger partial charge in [-0.05, 0) is 24.3 Å². The van der Waals surface area contributed by atoms with Gasteiger partial charge in [-0.2, -0.15) is 0 Å². The number of carbonyl (C=O) groups is 3. The van der Waals surface area contributed by atoms with E-state index in [9.17, 15) is 14.4 Å². The number of rotatable bonds is 5. The van der Waals surface area contributed by atoms with Crippen LogP contribution in [0.1, 0.15) is 26.6 Å². The van der Waals surface area contributed by atoms with Crippen molar-refractivity contribution in [2.45, 2.75) is 6.42 Å². The quantitative estimate of drug-likeness (QED) is 0.709. The fourth-order valence-corrected chi connectivity index (χ4v) is 2.92. The maximum absolute atomic E-state index is 12.2. The van der Waals surface area contributed by atoms with Crippen LogP contribution in [0, 0.1) is 0 Å². The van der Waals surface area contributed by atoms with Crippen molar-refractivity contribution in [1.29, 1.82) is 0 Å². The summed E-state index contributed by atoms with van der Waals surface area (Å²) < 4.78 is 5.58. The second kappa shape index (κ2) is 6.44. The number of carbonyl (C=O) groups excluding carboxylic acids is 3. The molecule has 130 valence electrons. The van der Waals surface area contributed by atoms with Gasteiger partial charge in [0.2, 0.25) is 5.91 Å². The number of hydrogen-bond acceptors (Lipinski definition) is 5. The summed E-state index contributed by atoms with van der Waals surface area (Å²) in [6, 6.07) is 14.0. The molecule has 0 saturated carbocycles. The van der Waals surface area contributed by atoms with E-state index in [1.54, 1.807) is 24.3 Å². The molecule has 0 spiro atoms. The van der Waals surface area contributed by atoms with Crippen molar-refractivity contribution in [3.63, 3.8) is 0 Å². The monoisotopic (exact) mass is 349 g/mol. The molecule has 0 fully saturated rings. The summed E-state index contributed by atoms with van der Waals surface area (Å²) in [6.45, 7) is -0.00523. The minimum atomic E-state index is -0.445. The van der Waals surface area contributed by atoms with Crippen LogP contribution in [0.5, 0.6) is 0 Å². The summed E-state index contributed by atoms with van der Waals surface area (Å²) >= 11 is 0. The van der Waals surface area contributed by atoms with Crippen LogP contribution >= 0.6 is 0 Å². The zero-order chi connectivity index (χ0) is 18.1. The molecule has 7 nitrogen and oxygen atoms in total. The maximum atomic E-state index is 12.2. The van der Waals surface area contributed by atoms with Crippen molar-refractivity contribution in [3.8, 4) is 0 Å². The van der Waals surface area contributed by atoms with Crippen molar-refractivity contribution in [1.82, 2.24) is 15.2 Å². The largest absolute Gasteiger partial charge is 0.441 e. The van der Waals surface area contributed by atoms with E-state index in [1.807, 2.05) is 24.3 Å². The molecule has 0 bridgehead atoms. The first kappa shape index (κ1) is 16.0. The second-order valence-electron chi connectivity index (χ2n) is 5.92. The van der Waals surface area contributed by atoms with Crippen molar-refractivity contribution < 1.29 is 18.8 Å². The van der Waals surface area contributed by atoms with E-state index in [0.717, 1.165) is 10.4 Å². The lowest BCUT2D eigenvalue weighted by Crippen LogP contribution is -2.40. The summed E-state index contributed by atoms with van der Waals surface area (Å²) in [5.74, 6) is -0.776. The van der Waals surface area contributed by atoms with Gasteiger partial charge in [0.05, 0.1) is 11.1 Å². The first-order valence-electron chi connectivity index (χ1n) is 8.20. The minimum absolute atomic E-state index is 0.300. The van der Waals surface area contributed by atoms with Gasteiger partial charge in [-0.25, -0.2) is 4.98 Å². The van der Waals surface area contributed by atoms with Gasteiger partial charge in [-0.15, -0.1) is 0 Å². The number of imide groups is 1. The lowest BCUT2D eigenvalue weighted by molar-refractivity contribution is -0.121. The smallest absolute Gasteiger partial charge is 0.262 e. The van der Waals surface area contributed by atoms with E-state index in [-0.39, 0.29) is 6.54 Å². The van der Waals surface area contributed by atoms with E-state index >= 15 is 0 Å². The third kappa shape index (κ3) is 2.83. The highest BCUT2D eigenvalue weighted by atomic mass is 16.3. The molecule has 7 heteroatoms. The number of benzene rings is 2. The number of hydrogen-bond donors (Lipinski definition) is 1. The van der Waals surface area contributed by atoms with E-state index in [4.69, 9.17) is 4.42 Å². The van der Waals surface area contributed by atoms with Crippen molar-refractivity contribution in [2.75, 3.05) is 13.1 Å². The molecule has 4 rings (SSSR count). The van der Waals surface area contributed by atoms with Gasteiger partial charge in [-0.3, -0.25) is 19.3 Å². The predicted molar refractivity (Wildman–Crippen MR) is 92.5 cm³/mol. The fourth-order valence-electron chi connectivity index (χ4n) is 2.92. The number of nitrogens with one attached hydrogen (secondary N) is 1. The Morgan fingerprint density at radius 1 is 1.00 bits per heavy atom. The standard InChI is InChI=1S/C19H15N3O4/c23-16(11-22-18(24)12-5-1-2-6-13(12)19(22)25)20-10-9-17-21-14-7-3-4-8-15(14)26-17/h1-8H,9-11H2,(H,20,23). The molecule has 0 aliphatic carbocycles. The summed E-state index contributed by atoms with van der Waals surface area (Å²) in [7, 11) is 0. The number of fused-ring (bicyclic) bond motifs is 2. The van der Waals surface area contributed by atoms with Crippen LogP contribution in [0.15, 0.2) is 52.9 Å². The zero-order valence-electron chi connectivity index (χ0n) is 13.8. The normalized spacial score (nSPS) is 13.3. The van der Waals surface area contributed by atoms with Crippen LogP contribution in [-0.2, 0) is 11.2 Å². The van der Waals surface area contributed by atoms with E-state index in [1.165, 1.54) is 0 Å². The molecule has 2 heterocycles. The van der Waals surface area contributed by atoms with Gasteiger partial charge >= 0.3 is 0 Å². The predicted octanol–water partition coefficient (Wildman–Crippen LogP) is 1.78. The number of amides is 3. The molecule has 3 aromatic rings. The van der Waals surface area contributed by atoms with Crippen LogP contribution in [0.4, 0.5) is 0 Å². The van der Waals surface area contributed by atoms with Gasteiger partial charge in [0.25, 0.3) is 11.8 Å². The van der Waals surface area contributed by atoms with E-state index in [2.05, 4.69) is 10.3 Å². The topological polar surface area (TPSA) is 92.5 Å². The number of nitrogens with zero attached hydrogens (tertiary/aromatic N) is 2. The Hall–Kier alpha value is -3.48. The van der Waals surface area contributed by atoms with Crippen molar-refractivity contribution in [2.24, 2.45) is 0 Å². The Morgan fingerprint density at radius 3 is 2.35 bits per heavy atom. The molecule has 0 saturated heterocycles. The highest BCUT2D eigenvalue weighted by Crippen LogP contribution is 2.21. The lowest BCUT2D eigenvalue weighted by atomic mass is 10.1. The molecular formula is C19H15N3O4. The van der Waals surface area contributed by atoms with E-state index < -0.39 is 17.7 Å². The fraction of sp³-hybridized carbons (Fsp3) is 0.158. The van der Waals surface area contributed by atoms with Crippen molar-refractivity contribution >= 4 is 28.8 Å². The molecule has 1 aliphatic heterocycles. The van der Waals surface area contributed by atoms with Crippen LogP contribution in [-0.4, -0.2) is 40.7 Å². The minimum Gasteiger partial charge on any atom is -0.441 e. The molecule has 2 aromatic carbocycles. The molecular weight excluding hydrogens is 334 g/mol. The van der Waals surface area contributed by atoms with Gasteiger partial charge < -0.3 is 9.73 Å². The molecule has 1 aromatic heterocycles. The molecule has 1 N–H and O–H groups in total. The van der Waals surface area contributed by atoms with Crippen LogP contribution < -0.4 is 5.32 Å². The molecule has 0 unspecified atom stereocenters. The molecule has 0 radical (unpaired) electrons. The Morgan fingerprint density at radius 2 is 1.65 bits per heavy atom. The Bertz CT molecular complexity index is 956. The Labute approximate surface area is 148 Å². The summed E-state index contributed by atoms with van der Waals surface area (Å²) in [5, 5.41) is 2.69. The average molecular weight is 349 g/mol. The maximum Gasteiger partial charge on any atom is 0.262 e. The summed E-state index contributed by atoms with van der Waals surface area (Å²) in [5.41, 5.74) is 2.12. The SMILES string of the molecule is O=C(CN1C(=O)c2ccccc2C1=O)NCCc1nc2ccccc2o1. The first-order valence-corrected chi connectivity index (χ1v) is 8.20. The van der Waals surface area contributed by atoms with Crippen LogP contribution in [0.25, 0.3) is 11.1 Å². The average Bonchev–Trinajstić information content (AvgIpc) is 3.16. The highest BCUT2D eigenvalue weighted by Gasteiger charge is 2.36. The van der Waals surface area contributed by atoms with Crippen molar-refractivity contribution in [3.05, 3.63) is 65.5 Å².